The number of aryl methyl sites for hydroxylation is 3. The highest BCUT2D eigenvalue weighted by atomic mass is 19.1. The summed E-state index contributed by atoms with van der Waals surface area (Å²) in [5.74, 6) is 0.0377. The van der Waals surface area contributed by atoms with Crippen molar-refractivity contribution in [1.82, 2.24) is 9.13 Å². The number of aromatic nitrogens is 2. The molecule has 2 N–H and O–H groups in total. The zero-order valence-electron chi connectivity index (χ0n) is 29.5. The van der Waals surface area contributed by atoms with Crippen LogP contribution >= 0.6 is 0 Å². The van der Waals surface area contributed by atoms with E-state index in [0.717, 1.165) is 56.9 Å². The number of nitrogens with zero attached hydrogens (tertiary/aromatic N) is 2. The van der Waals surface area contributed by atoms with Crippen molar-refractivity contribution in [3.05, 3.63) is 131 Å². The molecule has 0 bridgehead atoms. The van der Waals surface area contributed by atoms with Crippen LogP contribution in [-0.4, -0.2) is 15.7 Å². The maximum atomic E-state index is 14.3. The van der Waals surface area contributed by atoms with Crippen LogP contribution in [0.5, 0.6) is 11.5 Å². The Bertz CT molecular complexity index is 1690. The second-order valence-corrected chi connectivity index (χ2v) is 10.9. The summed E-state index contributed by atoms with van der Waals surface area (Å²) in [6.07, 6.45) is 6.70. The Morgan fingerprint density at radius 3 is 1.35 bits per heavy atom. The van der Waals surface area contributed by atoms with Crippen LogP contribution in [-0.2, 0) is 40.2 Å². The molecule has 0 spiro atoms. The number of hydrogen-bond donors (Lipinski definition) is 1. The Hall–Kier alpha value is -4.62. The number of ether oxygens (including phenoxy) is 2. The van der Waals surface area contributed by atoms with Gasteiger partial charge in [-0.3, -0.25) is 0 Å². The Labute approximate surface area is 292 Å². The molecule has 0 fully saturated rings. The lowest BCUT2D eigenvalue weighted by atomic mass is 10.1. The van der Waals surface area contributed by atoms with E-state index in [2.05, 4.69) is 13.1 Å². The second kappa shape index (κ2) is 20.7. The molecular formula is C42H55F2N3O2. The molecule has 0 aliphatic carbocycles. The number of benzene rings is 4. The normalized spacial score (nSPS) is 10.2. The molecule has 2 aromatic heterocycles. The van der Waals surface area contributed by atoms with E-state index in [1.165, 1.54) is 12.1 Å². The van der Waals surface area contributed by atoms with Crippen molar-refractivity contribution >= 4 is 21.8 Å². The van der Waals surface area contributed by atoms with Crippen LogP contribution in [0.2, 0.25) is 0 Å². The van der Waals surface area contributed by atoms with Crippen molar-refractivity contribution in [3.8, 4) is 11.5 Å². The van der Waals surface area contributed by atoms with E-state index in [4.69, 9.17) is 15.2 Å². The predicted molar refractivity (Wildman–Crippen MR) is 203 cm³/mol. The van der Waals surface area contributed by atoms with Gasteiger partial charge in [0.15, 0.2) is 23.1 Å². The highest BCUT2D eigenvalue weighted by Gasteiger charge is 2.17. The molecule has 264 valence electrons. The van der Waals surface area contributed by atoms with Gasteiger partial charge in [0.25, 0.3) is 0 Å². The third kappa shape index (κ3) is 10.2. The summed E-state index contributed by atoms with van der Waals surface area (Å²) >= 11 is 0. The monoisotopic (exact) mass is 671 g/mol. The molecule has 0 atom stereocenters. The molecule has 0 amide bonds. The molecule has 4 aromatic carbocycles. The molecule has 0 unspecified atom stereocenters. The molecule has 0 saturated carbocycles. The van der Waals surface area contributed by atoms with E-state index in [0.29, 0.717) is 37.7 Å². The fraction of sp³-hybridized carbons (Fsp3) is 0.333. The molecule has 7 heteroatoms. The SMILES string of the molecule is C.CC.CC.CCCc1cn(C)c2ccc(F)c(OCc3ccccc3)c12.Cn1cc(CCN)c2c(OCc3ccccc3)c(F)ccc21. The lowest BCUT2D eigenvalue weighted by Gasteiger charge is -2.10. The molecule has 6 rings (SSSR count). The molecular weight excluding hydrogens is 616 g/mol. The summed E-state index contributed by atoms with van der Waals surface area (Å²) in [5.41, 5.74) is 11.8. The van der Waals surface area contributed by atoms with Gasteiger partial charge in [-0.15, -0.1) is 0 Å². The van der Waals surface area contributed by atoms with Gasteiger partial charge in [0.1, 0.15) is 13.2 Å². The fourth-order valence-electron chi connectivity index (χ4n) is 5.58. The van der Waals surface area contributed by atoms with Gasteiger partial charge < -0.3 is 24.3 Å². The molecule has 0 aliphatic rings. The summed E-state index contributed by atoms with van der Waals surface area (Å²) in [7, 11) is 3.93. The van der Waals surface area contributed by atoms with Gasteiger partial charge in [-0.2, -0.15) is 0 Å². The van der Waals surface area contributed by atoms with Gasteiger partial charge in [-0.1, -0.05) is 109 Å². The number of rotatable bonds is 10. The summed E-state index contributed by atoms with van der Waals surface area (Å²) in [6, 6.07) is 26.1. The largest absolute Gasteiger partial charge is 0.485 e. The van der Waals surface area contributed by atoms with Gasteiger partial charge in [-0.25, -0.2) is 8.78 Å². The molecule has 0 radical (unpaired) electrons. The van der Waals surface area contributed by atoms with Gasteiger partial charge in [0.05, 0.1) is 11.0 Å². The first-order valence-corrected chi connectivity index (χ1v) is 17.0. The van der Waals surface area contributed by atoms with Crippen LogP contribution in [0, 0.1) is 11.6 Å². The topological polar surface area (TPSA) is 54.3 Å². The smallest absolute Gasteiger partial charge is 0.165 e. The molecule has 49 heavy (non-hydrogen) atoms. The average Bonchev–Trinajstić information content (AvgIpc) is 3.61. The van der Waals surface area contributed by atoms with Crippen LogP contribution in [0.25, 0.3) is 21.8 Å². The van der Waals surface area contributed by atoms with E-state index in [9.17, 15) is 8.78 Å². The average molecular weight is 672 g/mol. The van der Waals surface area contributed by atoms with Gasteiger partial charge in [0, 0.05) is 37.3 Å². The van der Waals surface area contributed by atoms with Gasteiger partial charge in [-0.05, 0) is 65.9 Å². The van der Waals surface area contributed by atoms with Crippen molar-refractivity contribution in [2.75, 3.05) is 6.54 Å². The molecule has 6 aromatic rings. The van der Waals surface area contributed by atoms with Crippen molar-refractivity contribution in [2.24, 2.45) is 19.8 Å². The summed E-state index contributed by atoms with van der Waals surface area (Å²) in [5, 5.41) is 1.73. The quantitative estimate of drug-likeness (QED) is 0.158. The highest BCUT2D eigenvalue weighted by Crippen LogP contribution is 2.35. The maximum absolute atomic E-state index is 14.3. The molecule has 2 heterocycles. The first-order valence-electron chi connectivity index (χ1n) is 17.0. The standard InChI is InChI=1S/C19H20FNO.C18H19FN2O.2C2H6.CH4/c1-3-7-15-12-21(2)17-11-10-16(20)19(18(15)17)22-13-14-8-5-4-6-9-14;1-21-11-14(9-10-20)17-16(21)8-7-15(19)18(17)22-12-13-5-3-2-4-6-13;2*1-2;/h4-6,8-12H,3,7,13H2,1-2H3;2-8,11H,9-10,12,20H2,1H3;2*1-2H3;1H4. The maximum Gasteiger partial charge on any atom is 0.165 e. The Balaban J connectivity index is 0.000000303. The minimum Gasteiger partial charge on any atom is -0.485 e. The first kappa shape index (κ1) is 40.6. The molecule has 5 nitrogen and oxygen atoms in total. The van der Waals surface area contributed by atoms with Crippen molar-refractivity contribution < 1.29 is 18.3 Å². The van der Waals surface area contributed by atoms with Gasteiger partial charge in [0.2, 0.25) is 0 Å². The second-order valence-electron chi connectivity index (χ2n) is 10.9. The van der Waals surface area contributed by atoms with E-state index < -0.39 is 0 Å². The summed E-state index contributed by atoms with van der Waals surface area (Å²) in [4.78, 5) is 0. The zero-order valence-corrected chi connectivity index (χ0v) is 29.5. The van der Waals surface area contributed by atoms with E-state index in [1.54, 1.807) is 6.07 Å². The highest BCUT2D eigenvalue weighted by molar-refractivity contribution is 5.91. The van der Waals surface area contributed by atoms with Crippen molar-refractivity contribution in [1.29, 1.82) is 0 Å². The van der Waals surface area contributed by atoms with Crippen LogP contribution in [0.3, 0.4) is 0 Å². The zero-order chi connectivity index (χ0) is 35.1. The number of halogens is 2. The first-order chi connectivity index (χ1) is 23.4. The van der Waals surface area contributed by atoms with Crippen LogP contribution in [0.4, 0.5) is 8.78 Å². The molecule has 0 saturated heterocycles. The third-order valence-electron chi connectivity index (χ3n) is 7.66. The predicted octanol–water partition coefficient (Wildman–Crippen LogP) is 10.9. The minimum atomic E-state index is -0.340. The Morgan fingerprint density at radius 2 is 0.980 bits per heavy atom. The van der Waals surface area contributed by atoms with Crippen molar-refractivity contribution in [3.63, 3.8) is 0 Å². The lowest BCUT2D eigenvalue weighted by Crippen LogP contribution is -2.03. The summed E-state index contributed by atoms with van der Waals surface area (Å²) in [6.45, 7) is 11.4. The summed E-state index contributed by atoms with van der Waals surface area (Å²) < 4.78 is 44.3. The lowest BCUT2D eigenvalue weighted by molar-refractivity contribution is 0.294. The van der Waals surface area contributed by atoms with Crippen LogP contribution in [0.1, 0.15) is 70.7 Å². The van der Waals surface area contributed by atoms with Crippen LogP contribution < -0.4 is 15.2 Å². The van der Waals surface area contributed by atoms with Crippen molar-refractivity contribution in [2.45, 2.75) is 74.5 Å². The van der Waals surface area contributed by atoms with E-state index >= 15 is 0 Å². The number of nitrogens with two attached hydrogens (primary N) is 1. The fourth-order valence-corrected chi connectivity index (χ4v) is 5.58. The van der Waals surface area contributed by atoms with E-state index in [-0.39, 0.29) is 19.1 Å². The minimum absolute atomic E-state index is 0. The molecule has 0 aliphatic heterocycles. The van der Waals surface area contributed by atoms with E-state index in [1.807, 2.05) is 124 Å². The Kier molecular flexibility index (Phi) is 17.1. The van der Waals surface area contributed by atoms with Gasteiger partial charge >= 0.3 is 0 Å². The van der Waals surface area contributed by atoms with Crippen LogP contribution in [0.15, 0.2) is 97.3 Å². The number of fused-ring (bicyclic) bond motifs is 2. The third-order valence-corrected chi connectivity index (χ3v) is 7.66. The Morgan fingerprint density at radius 1 is 0.592 bits per heavy atom. The number of hydrogen-bond acceptors (Lipinski definition) is 3.